The van der Waals surface area contributed by atoms with Gasteiger partial charge in [-0.15, -0.1) is 0 Å². The van der Waals surface area contributed by atoms with Crippen molar-refractivity contribution in [3.63, 3.8) is 0 Å². The Morgan fingerprint density at radius 2 is 1.82 bits per heavy atom. The Morgan fingerprint density at radius 3 is 2.29 bits per heavy atom. The van der Waals surface area contributed by atoms with Crippen molar-refractivity contribution in [2.45, 2.75) is 40.0 Å². The van der Waals surface area contributed by atoms with Crippen LogP contribution in [0.5, 0.6) is 0 Å². The van der Waals surface area contributed by atoms with E-state index in [1.807, 2.05) is 0 Å². The van der Waals surface area contributed by atoms with Crippen LogP contribution in [0.4, 0.5) is 0 Å². The maximum atomic E-state index is 11.2. The molecule has 0 aromatic heterocycles. The number of nitrogens with zero attached hydrogens (tertiary/aromatic N) is 1. The van der Waals surface area contributed by atoms with E-state index in [2.05, 4.69) is 27.5 Å². The van der Waals surface area contributed by atoms with Gasteiger partial charge >= 0.3 is 5.97 Å². The summed E-state index contributed by atoms with van der Waals surface area (Å²) in [6.45, 7) is 13.6. The Labute approximate surface area is 106 Å². The molecule has 17 heavy (non-hydrogen) atoms. The first-order valence-electron chi connectivity index (χ1n) is 6.61. The van der Waals surface area contributed by atoms with E-state index in [-0.39, 0.29) is 5.97 Å². The lowest BCUT2D eigenvalue weighted by Gasteiger charge is -2.33. The van der Waals surface area contributed by atoms with Crippen molar-refractivity contribution in [1.29, 1.82) is 0 Å². The molecule has 0 saturated heterocycles. The molecule has 0 N–H and O–H groups in total. The fourth-order valence-corrected chi connectivity index (χ4v) is 1.70. The third kappa shape index (κ3) is 7.16. The SMILES string of the molecule is C=C(C)C(=O)OCCC[N+](C)(CC)CCCC. The van der Waals surface area contributed by atoms with Crippen LogP contribution in [0.3, 0.4) is 0 Å². The van der Waals surface area contributed by atoms with Gasteiger partial charge in [-0.1, -0.05) is 19.9 Å². The summed E-state index contributed by atoms with van der Waals surface area (Å²) in [5.41, 5.74) is 0.476. The van der Waals surface area contributed by atoms with E-state index in [0.717, 1.165) is 24.0 Å². The molecule has 3 nitrogen and oxygen atoms in total. The lowest BCUT2D eigenvalue weighted by Crippen LogP contribution is -2.45. The van der Waals surface area contributed by atoms with Crippen LogP contribution in [0.2, 0.25) is 0 Å². The van der Waals surface area contributed by atoms with Crippen LogP contribution in [0.15, 0.2) is 12.2 Å². The van der Waals surface area contributed by atoms with Crippen molar-refractivity contribution in [1.82, 2.24) is 0 Å². The molecule has 0 rings (SSSR count). The van der Waals surface area contributed by atoms with Gasteiger partial charge in [0.05, 0.1) is 33.3 Å². The molecule has 0 aromatic rings. The van der Waals surface area contributed by atoms with E-state index in [1.165, 1.54) is 19.4 Å². The molecule has 1 unspecified atom stereocenters. The van der Waals surface area contributed by atoms with Gasteiger partial charge in [0, 0.05) is 12.0 Å². The van der Waals surface area contributed by atoms with E-state index in [9.17, 15) is 4.79 Å². The first-order chi connectivity index (χ1) is 7.95. The Bertz CT molecular complexity index is 251. The second kappa shape index (κ2) is 8.29. The smallest absolute Gasteiger partial charge is 0.333 e. The summed E-state index contributed by atoms with van der Waals surface area (Å²) in [6.07, 6.45) is 3.42. The zero-order chi connectivity index (χ0) is 13.3. The van der Waals surface area contributed by atoms with Crippen LogP contribution >= 0.6 is 0 Å². The normalized spacial score (nSPS) is 14.1. The minimum atomic E-state index is -0.274. The number of esters is 1. The van der Waals surface area contributed by atoms with Gasteiger partial charge in [-0.25, -0.2) is 4.79 Å². The fraction of sp³-hybridized carbons (Fsp3) is 0.786. The van der Waals surface area contributed by atoms with Crippen molar-refractivity contribution < 1.29 is 14.0 Å². The summed E-state index contributed by atoms with van der Waals surface area (Å²) in [5.74, 6) is -0.274. The first kappa shape index (κ1) is 16.2. The fourth-order valence-electron chi connectivity index (χ4n) is 1.70. The minimum Gasteiger partial charge on any atom is -0.462 e. The predicted octanol–water partition coefficient (Wildman–Crippen LogP) is 2.76. The average Bonchev–Trinajstić information content (AvgIpc) is 2.31. The van der Waals surface area contributed by atoms with Crippen molar-refractivity contribution in [2.24, 2.45) is 0 Å². The molecule has 1 atom stereocenters. The third-order valence-corrected chi connectivity index (χ3v) is 3.24. The Balaban J connectivity index is 3.83. The minimum absolute atomic E-state index is 0.274. The molecular formula is C14H28NO2+. The van der Waals surface area contributed by atoms with Gasteiger partial charge in [0.2, 0.25) is 0 Å². The number of rotatable bonds is 9. The van der Waals surface area contributed by atoms with Crippen molar-refractivity contribution in [3.05, 3.63) is 12.2 Å². The Kier molecular flexibility index (Phi) is 7.88. The standard InChI is InChI=1S/C14H28NO2/c1-6-8-10-15(5,7-2)11-9-12-17-14(16)13(3)4/h3,6-12H2,1-2,4-5H3/q+1. The summed E-state index contributed by atoms with van der Waals surface area (Å²) in [6, 6.07) is 0. The monoisotopic (exact) mass is 242 g/mol. The summed E-state index contributed by atoms with van der Waals surface area (Å²) in [7, 11) is 2.27. The van der Waals surface area contributed by atoms with Gasteiger partial charge in [-0.3, -0.25) is 0 Å². The number of hydrogen-bond donors (Lipinski definition) is 0. The molecule has 0 saturated carbocycles. The zero-order valence-electron chi connectivity index (χ0n) is 11.9. The molecular weight excluding hydrogens is 214 g/mol. The quantitative estimate of drug-likeness (QED) is 0.269. The molecule has 0 aliphatic rings. The number of quaternary nitrogens is 1. The molecule has 0 bridgehead atoms. The van der Waals surface area contributed by atoms with Crippen LogP contribution in [0.1, 0.15) is 40.0 Å². The molecule has 0 aliphatic carbocycles. The van der Waals surface area contributed by atoms with Crippen LogP contribution in [-0.2, 0) is 9.53 Å². The van der Waals surface area contributed by atoms with Gasteiger partial charge in [0.1, 0.15) is 0 Å². The highest BCUT2D eigenvalue weighted by molar-refractivity contribution is 5.86. The molecule has 0 fully saturated rings. The topological polar surface area (TPSA) is 26.3 Å². The molecule has 0 heterocycles. The highest BCUT2D eigenvalue weighted by Gasteiger charge is 2.17. The van der Waals surface area contributed by atoms with Gasteiger partial charge in [-0.05, 0) is 20.3 Å². The summed E-state index contributed by atoms with van der Waals surface area (Å²) in [5, 5.41) is 0. The number of unbranched alkanes of at least 4 members (excludes halogenated alkanes) is 1. The van der Waals surface area contributed by atoms with E-state index in [1.54, 1.807) is 6.92 Å². The van der Waals surface area contributed by atoms with Crippen LogP contribution in [-0.4, -0.2) is 43.7 Å². The Hall–Kier alpha value is -0.830. The van der Waals surface area contributed by atoms with E-state index in [0.29, 0.717) is 12.2 Å². The molecule has 0 amide bonds. The zero-order valence-corrected chi connectivity index (χ0v) is 11.9. The first-order valence-corrected chi connectivity index (χ1v) is 6.61. The molecule has 0 aliphatic heterocycles. The van der Waals surface area contributed by atoms with E-state index < -0.39 is 0 Å². The number of hydrogen-bond acceptors (Lipinski definition) is 2. The lowest BCUT2D eigenvalue weighted by molar-refractivity contribution is -0.908. The van der Waals surface area contributed by atoms with E-state index in [4.69, 9.17) is 4.74 Å². The van der Waals surface area contributed by atoms with Gasteiger partial charge in [0.15, 0.2) is 0 Å². The van der Waals surface area contributed by atoms with Gasteiger partial charge in [0.25, 0.3) is 0 Å². The molecule has 100 valence electrons. The summed E-state index contributed by atoms with van der Waals surface area (Å²) in [4.78, 5) is 11.2. The largest absolute Gasteiger partial charge is 0.462 e. The second-order valence-corrected chi connectivity index (χ2v) is 5.01. The summed E-state index contributed by atoms with van der Waals surface area (Å²) < 4.78 is 6.17. The van der Waals surface area contributed by atoms with Crippen molar-refractivity contribution in [2.75, 3.05) is 33.3 Å². The van der Waals surface area contributed by atoms with Crippen molar-refractivity contribution in [3.8, 4) is 0 Å². The number of carbonyl (C=O) groups is 1. The molecule has 0 aromatic carbocycles. The van der Waals surface area contributed by atoms with Gasteiger partial charge in [-0.2, -0.15) is 0 Å². The number of carbonyl (C=O) groups excluding carboxylic acids is 1. The van der Waals surface area contributed by atoms with Gasteiger partial charge < -0.3 is 9.22 Å². The maximum absolute atomic E-state index is 11.2. The third-order valence-electron chi connectivity index (χ3n) is 3.24. The second-order valence-electron chi connectivity index (χ2n) is 5.01. The van der Waals surface area contributed by atoms with E-state index >= 15 is 0 Å². The highest BCUT2D eigenvalue weighted by atomic mass is 16.5. The molecule has 3 heteroatoms. The van der Waals surface area contributed by atoms with Crippen LogP contribution in [0, 0.1) is 0 Å². The predicted molar refractivity (Wildman–Crippen MR) is 71.8 cm³/mol. The average molecular weight is 242 g/mol. The summed E-state index contributed by atoms with van der Waals surface area (Å²) >= 11 is 0. The van der Waals surface area contributed by atoms with Crippen LogP contribution < -0.4 is 0 Å². The Morgan fingerprint density at radius 1 is 1.24 bits per heavy atom. The highest BCUT2D eigenvalue weighted by Crippen LogP contribution is 2.07. The molecule has 0 spiro atoms. The molecule has 0 radical (unpaired) electrons. The lowest BCUT2D eigenvalue weighted by atomic mass is 10.2. The van der Waals surface area contributed by atoms with Crippen LogP contribution in [0.25, 0.3) is 0 Å². The number of ether oxygens (including phenoxy) is 1. The maximum Gasteiger partial charge on any atom is 0.333 e. The van der Waals surface area contributed by atoms with Crippen molar-refractivity contribution >= 4 is 5.97 Å².